The lowest BCUT2D eigenvalue weighted by atomic mass is 10.2. The van der Waals surface area contributed by atoms with Gasteiger partial charge in [-0.05, 0) is 24.6 Å². The van der Waals surface area contributed by atoms with E-state index < -0.39 is 0 Å². The highest BCUT2D eigenvalue weighted by atomic mass is 32.1. The number of carbonyl (C=O) groups excluding carboxylic acids is 1. The quantitative estimate of drug-likeness (QED) is 0.758. The molecule has 0 aliphatic carbocycles. The van der Waals surface area contributed by atoms with Gasteiger partial charge in [0.1, 0.15) is 16.5 Å². The lowest BCUT2D eigenvalue weighted by Gasteiger charge is -2.06. The van der Waals surface area contributed by atoms with Crippen LogP contribution in [0.25, 0.3) is 10.6 Å². The van der Waals surface area contributed by atoms with Crippen molar-refractivity contribution in [2.45, 2.75) is 19.9 Å². The molecule has 0 fully saturated rings. The molecule has 1 aromatic carbocycles. The van der Waals surface area contributed by atoms with Gasteiger partial charge in [-0.2, -0.15) is 5.10 Å². The number of hydrogen-bond donors (Lipinski definition) is 1. The summed E-state index contributed by atoms with van der Waals surface area (Å²) < 4.78 is 12.5. The molecule has 3 aromatic rings. The predicted molar refractivity (Wildman–Crippen MR) is 94.1 cm³/mol. The highest BCUT2D eigenvalue weighted by Gasteiger charge is 2.17. The van der Waals surface area contributed by atoms with Crippen molar-refractivity contribution in [3.63, 3.8) is 0 Å². The van der Waals surface area contributed by atoms with E-state index in [1.165, 1.54) is 11.3 Å². The Morgan fingerprint density at radius 3 is 3.08 bits per heavy atom. The third-order valence-corrected chi connectivity index (χ3v) is 4.64. The summed E-state index contributed by atoms with van der Waals surface area (Å²) in [6.07, 6.45) is 2.61. The molecule has 0 saturated carbocycles. The lowest BCUT2D eigenvalue weighted by Crippen LogP contribution is -2.16. The molecule has 1 aliphatic rings. The Bertz CT molecular complexity index is 918. The number of nitrogens with zero attached hydrogens (tertiary/aromatic N) is 3. The van der Waals surface area contributed by atoms with Crippen LogP contribution >= 0.6 is 11.3 Å². The molecule has 0 radical (unpaired) electrons. The van der Waals surface area contributed by atoms with Gasteiger partial charge in [0.05, 0.1) is 6.20 Å². The summed E-state index contributed by atoms with van der Waals surface area (Å²) >= 11 is 1.41. The number of fused-ring (bicyclic) bond motifs is 1. The van der Waals surface area contributed by atoms with Crippen LogP contribution in [0.3, 0.4) is 0 Å². The number of thiazole rings is 1. The van der Waals surface area contributed by atoms with Gasteiger partial charge in [0.15, 0.2) is 11.5 Å². The van der Waals surface area contributed by atoms with E-state index in [-0.39, 0.29) is 12.7 Å². The van der Waals surface area contributed by atoms with E-state index >= 15 is 0 Å². The molecular formula is C17H16N4O3S. The summed E-state index contributed by atoms with van der Waals surface area (Å²) in [5.74, 6) is 1.84. The molecule has 7 nitrogen and oxygen atoms in total. The molecule has 25 heavy (non-hydrogen) atoms. The van der Waals surface area contributed by atoms with Gasteiger partial charge in [-0.15, -0.1) is 11.3 Å². The molecule has 2 aromatic heterocycles. The van der Waals surface area contributed by atoms with Crippen molar-refractivity contribution in [2.75, 3.05) is 12.1 Å². The number of nitrogens with one attached hydrogen (secondary N) is 1. The maximum absolute atomic E-state index is 12.4. The molecule has 4 rings (SSSR count). The summed E-state index contributed by atoms with van der Waals surface area (Å²) in [6.45, 7) is 3.04. The second-order valence-corrected chi connectivity index (χ2v) is 6.36. The Hall–Kier alpha value is -2.87. The molecule has 128 valence electrons. The Balaban J connectivity index is 1.52. The minimum atomic E-state index is -0.249. The number of aromatic nitrogens is 3. The van der Waals surface area contributed by atoms with Crippen molar-refractivity contribution >= 4 is 23.1 Å². The largest absolute Gasteiger partial charge is 0.454 e. The van der Waals surface area contributed by atoms with E-state index in [0.717, 1.165) is 29.3 Å². The normalized spacial score (nSPS) is 12.4. The van der Waals surface area contributed by atoms with Gasteiger partial charge in [0.25, 0.3) is 5.91 Å². The van der Waals surface area contributed by atoms with E-state index in [1.54, 1.807) is 22.3 Å². The van der Waals surface area contributed by atoms with Gasteiger partial charge in [0.2, 0.25) is 6.79 Å². The SMILES string of the molecule is CCCn1nccc1NC(=O)c1csc(-c2ccc3c(c2)OCO3)n1. The highest BCUT2D eigenvalue weighted by molar-refractivity contribution is 7.13. The number of carbonyl (C=O) groups is 1. The molecule has 1 aliphatic heterocycles. The van der Waals surface area contributed by atoms with Crippen LogP contribution in [0.4, 0.5) is 5.82 Å². The van der Waals surface area contributed by atoms with Gasteiger partial charge in [-0.3, -0.25) is 4.79 Å². The number of ether oxygens (including phenoxy) is 2. The molecule has 1 N–H and O–H groups in total. The molecule has 8 heteroatoms. The zero-order valence-corrected chi connectivity index (χ0v) is 14.4. The first-order valence-electron chi connectivity index (χ1n) is 7.93. The van der Waals surface area contributed by atoms with Crippen LogP contribution in [0.2, 0.25) is 0 Å². The predicted octanol–water partition coefficient (Wildman–Crippen LogP) is 3.40. The Kier molecular flexibility index (Phi) is 4.10. The smallest absolute Gasteiger partial charge is 0.276 e. The minimum Gasteiger partial charge on any atom is -0.454 e. The zero-order valence-electron chi connectivity index (χ0n) is 13.6. The molecule has 0 saturated heterocycles. The third kappa shape index (κ3) is 3.08. The molecule has 3 heterocycles. The summed E-state index contributed by atoms with van der Waals surface area (Å²) in [7, 11) is 0. The number of hydrogen-bond acceptors (Lipinski definition) is 6. The van der Waals surface area contributed by atoms with Crippen LogP contribution in [0.15, 0.2) is 35.8 Å². The van der Waals surface area contributed by atoms with Gasteiger partial charge in [0, 0.05) is 23.6 Å². The van der Waals surface area contributed by atoms with Crippen LogP contribution in [0.5, 0.6) is 11.5 Å². The van der Waals surface area contributed by atoms with E-state index in [1.807, 2.05) is 18.2 Å². The Morgan fingerprint density at radius 2 is 2.20 bits per heavy atom. The molecule has 1 amide bonds. The van der Waals surface area contributed by atoms with Gasteiger partial charge < -0.3 is 14.8 Å². The van der Waals surface area contributed by atoms with Crippen LogP contribution in [-0.2, 0) is 6.54 Å². The maximum atomic E-state index is 12.4. The molecule has 0 spiro atoms. The fraction of sp³-hybridized carbons (Fsp3) is 0.235. The number of aryl methyl sites for hydroxylation is 1. The topological polar surface area (TPSA) is 78.3 Å². The second kappa shape index (κ2) is 6.56. The monoisotopic (exact) mass is 356 g/mol. The van der Waals surface area contributed by atoms with E-state index in [0.29, 0.717) is 17.3 Å². The standard InChI is InChI=1S/C17H16N4O3S/c1-2-7-21-15(5-6-18-21)20-16(22)12-9-25-17(19-12)11-3-4-13-14(8-11)24-10-23-13/h3-6,8-9H,2,7,10H2,1H3,(H,20,22). The van der Waals surface area contributed by atoms with Gasteiger partial charge in [-0.1, -0.05) is 6.92 Å². The van der Waals surface area contributed by atoms with E-state index in [2.05, 4.69) is 22.3 Å². The van der Waals surface area contributed by atoms with E-state index in [4.69, 9.17) is 9.47 Å². The first-order chi connectivity index (χ1) is 12.2. The summed E-state index contributed by atoms with van der Waals surface area (Å²) in [6, 6.07) is 7.41. The summed E-state index contributed by atoms with van der Waals surface area (Å²) in [4.78, 5) is 16.9. The van der Waals surface area contributed by atoms with Crippen LogP contribution in [0.1, 0.15) is 23.8 Å². The average Bonchev–Trinajstić information content (AvgIpc) is 3.35. The molecule has 0 bridgehead atoms. The molecule has 0 unspecified atom stereocenters. The van der Waals surface area contributed by atoms with Crippen molar-refractivity contribution in [1.82, 2.24) is 14.8 Å². The first-order valence-corrected chi connectivity index (χ1v) is 8.81. The number of amides is 1. The fourth-order valence-electron chi connectivity index (χ4n) is 2.55. The number of benzene rings is 1. The van der Waals surface area contributed by atoms with Crippen molar-refractivity contribution in [3.05, 3.63) is 41.5 Å². The van der Waals surface area contributed by atoms with Crippen molar-refractivity contribution < 1.29 is 14.3 Å². The Labute approximate surface area is 148 Å². The fourth-order valence-corrected chi connectivity index (χ4v) is 3.35. The minimum absolute atomic E-state index is 0.232. The lowest BCUT2D eigenvalue weighted by molar-refractivity contribution is 0.102. The third-order valence-electron chi connectivity index (χ3n) is 3.75. The van der Waals surface area contributed by atoms with Gasteiger partial charge >= 0.3 is 0 Å². The summed E-state index contributed by atoms with van der Waals surface area (Å²) in [5.41, 5.74) is 1.27. The highest BCUT2D eigenvalue weighted by Crippen LogP contribution is 2.36. The first kappa shape index (κ1) is 15.6. The number of rotatable bonds is 5. The Morgan fingerprint density at radius 1 is 1.32 bits per heavy atom. The average molecular weight is 356 g/mol. The van der Waals surface area contributed by atoms with Crippen molar-refractivity contribution in [1.29, 1.82) is 0 Å². The zero-order chi connectivity index (χ0) is 17.2. The summed E-state index contributed by atoms with van der Waals surface area (Å²) in [5, 5.41) is 9.56. The molecular weight excluding hydrogens is 340 g/mol. The number of anilines is 1. The van der Waals surface area contributed by atoms with Crippen LogP contribution in [0, 0.1) is 0 Å². The van der Waals surface area contributed by atoms with Gasteiger partial charge in [-0.25, -0.2) is 9.67 Å². The molecule has 0 atom stereocenters. The maximum Gasteiger partial charge on any atom is 0.276 e. The van der Waals surface area contributed by atoms with E-state index in [9.17, 15) is 4.79 Å². The van der Waals surface area contributed by atoms with Crippen LogP contribution < -0.4 is 14.8 Å². The van der Waals surface area contributed by atoms with Crippen molar-refractivity contribution in [3.8, 4) is 22.1 Å². The van der Waals surface area contributed by atoms with Crippen molar-refractivity contribution in [2.24, 2.45) is 0 Å². The second-order valence-electron chi connectivity index (χ2n) is 5.50. The van der Waals surface area contributed by atoms with Crippen LogP contribution in [-0.4, -0.2) is 27.5 Å².